The van der Waals surface area contributed by atoms with Gasteiger partial charge in [-0.25, -0.2) is 0 Å². The van der Waals surface area contributed by atoms with Crippen molar-refractivity contribution in [3.8, 4) is 0 Å². The van der Waals surface area contributed by atoms with E-state index in [1.807, 2.05) is 13.8 Å². The fourth-order valence-corrected chi connectivity index (χ4v) is 2.88. The van der Waals surface area contributed by atoms with Crippen LogP contribution >= 0.6 is 0 Å². The third-order valence-electron chi connectivity index (χ3n) is 4.36. The summed E-state index contributed by atoms with van der Waals surface area (Å²) in [5.74, 6) is -0.130. The second kappa shape index (κ2) is 3.95. The van der Waals surface area contributed by atoms with Crippen molar-refractivity contribution in [3.63, 3.8) is 0 Å². The second-order valence-electron chi connectivity index (χ2n) is 6.09. The van der Waals surface area contributed by atoms with Gasteiger partial charge in [-0.05, 0) is 41.0 Å². The summed E-state index contributed by atoms with van der Waals surface area (Å²) >= 11 is 0. The third kappa shape index (κ3) is 1.72. The summed E-state index contributed by atoms with van der Waals surface area (Å²) in [5.41, 5.74) is -1.24. The van der Waals surface area contributed by atoms with Crippen molar-refractivity contribution >= 4 is 11.8 Å². The molecule has 0 saturated carbocycles. The molecule has 3 atom stereocenters. The average Bonchev–Trinajstić information content (AvgIpc) is 2.57. The van der Waals surface area contributed by atoms with Crippen molar-refractivity contribution in [2.45, 2.75) is 64.3 Å². The van der Waals surface area contributed by atoms with Gasteiger partial charge in [-0.3, -0.25) is 9.59 Å². The summed E-state index contributed by atoms with van der Waals surface area (Å²) < 4.78 is 5.60. The van der Waals surface area contributed by atoms with E-state index in [1.54, 1.807) is 25.7 Å². The lowest BCUT2D eigenvalue weighted by atomic mass is 9.86. The van der Waals surface area contributed by atoms with Gasteiger partial charge in [0.1, 0.15) is 11.6 Å². The van der Waals surface area contributed by atoms with Gasteiger partial charge in [0.2, 0.25) is 11.8 Å². The topological polar surface area (TPSA) is 58.6 Å². The Morgan fingerprint density at radius 3 is 2.39 bits per heavy atom. The molecule has 3 unspecified atom stereocenters. The smallest absolute Gasteiger partial charge is 0.248 e. The van der Waals surface area contributed by atoms with E-state index in [1.165, 1.54) is 0 Å². The molecule has 0 aromatic heterocycles. The molecule has 18 heavy (non-hydrogen) atoms. The van der Waals surface area contributed by atoms with Gasteiger partial charge in [0.15, 0.2) is 0 Å². The van der Waals surface area contributed by atoms with Gasteiger partial charge in [-0.15, -0.1) is 0 Å². The van der Waals surface area contributed by atoms with E-state index in [0.717, 1.165) is 6.42 Å². The molecule has 0 aromatic carbocycles. The summed E-state index contributed by atoms with van der Waals surface area (Å²) in [6.07, 6.45) is 0.721. The van der Waals surface area contributed by atoms with Crippen LogP contribution in [0.4, 0.5) is 0 Å². The molecule has 0 aromatic rings. The monoisotopic (exact) mass is 254 g/mol. The van der Waals surface area contributed by atoms with Crippen LogP contribution in [-0.2, 0) is 14.3 Å². The van der Waals surface area contributed by atoms with Crippen LogP contribution in [0.3, 0.4) is 0 Å². The Kier molecular flexibility index (Phi) is 2.93. The van der Waals surface area contributed by atoms with Gasteiger partial charge in [0.25, 0.3) is 0 Å². The number of nitrogens with one attached hydrogen (secondary N) is 1. The first kappa shape index (κ1) is 13.3. The van der Waals surface area contributed by atoms with E-state index < -0.39 is 17.1 Å². The molecule has 0 spiro atoms. The minimum absolute atomic E-state index is 0.0329. The number of ether oxygens (including phenoxy) is 1. The highest BCUT2D eigenvalue weighted by atomic mass is 16.5. The predicted octanol–water partition coefficient (Wildman–Crippen LogP) is 0.679. The van der Waals surface area contributed by atoms with Crippen molar-refractivity contribution in [2.24, 2.45) is 0 Å². The normalized spacial score (nSPS) is 39.9. The Bertz CT molecular complexity index is 394. The number of piperazine rings is 1. The molecule has 2 saturated heterocycles. The Balaban J connectivity index is 2.40. The lowest BCUT2D eigenvalue weighted by Gasteiger charge is -2.50. The highest BCUT2D eigenvalue weighted by Gasteiger charge is 2.54. The fraction of sp³-hybridized carbons (Fsp3) is 0.846. The zero-order chi connectivity index (χ0) is 13.7. The molecule has 2 aliphatic rings. The first-order valence-corrected chi connectivity index (χ1v) is 6.47. The van der Waals surface area contributed by atoms with Crippen LogP contribution in [0.15, 0.2) is 0 Å². The lowest BCUT2D eigenvalue weighted by molar-refractivity contribution is -0.162. The van der Waals surface area contributed by atoms with Gasteiger partial charge < -0.3 is 15.0 Å². The van der Waals surface area contributed by atoms with Gasteiger partial charge in [-0.2, -0.15) is 0 Å². The first-order valence-electron chi connectivity index (χ1n) is 6.47. The standard InChI is InChI=1S/C13H22N2O3/c1-8-10(16)14-12(3,4)11(17)15(8)13(5)6-7-18-9(13)2/h8-9H,6-7H2,1-5H3,(H,14,16). The van der Waals surface area contributed by atoms with Gasteiger partial charge in [-0.1, -0.05) is 0 Å². The van der Waals surface area contributed by atoms with Crippen molar-refractivity contribution in [2.75, 3.05) is 6.61 Å². The number of rotatable bonds is 1. The second-order valence-corrected chi connectivity index (χ2v) is 6.09. The highest BCUT2D eigenvalue weighted by Crippen LogP contribution is 2.36. The molecule has 2 fully saturated rings. The predicted molar refractivity (Wildman–Crippen MR) is 67.0 cm³/mol. The summed E-state index contributed by atoms with van der Waals surface area (Å²) in [5, 5.41) is 2.77. The quantitative estimate of drug-likeness (QED) is 0.748. The van der Waals surface area contributed by atoms with Crippen LogP contribution in [0.1, 0.15) is 41.0 Å². The van der Waals surface area contributed by atoms with Crippen molar-refractivity contribution in [1.82, 2.24) is 10.2 Å². The Labute approximate surface area is 108 Å². The van der Waals surface area contributed by atoms with E-state index in [-0.39, 0.29) is 17.9 Å². The van der Waals surface area contributed by atoms with E-state index in [9.17, 15) is 9.59 Å². The number of carbonyl (C=O) groups excluding carboxylic acids is 2. The number of hydrogen-bond acceptors (Lipinski definition) is 3. The summed E-state index contributed by atoms with van der Waals surface area (Å²) in [6, 6.07) is -0.445. The van der Waals surface area contributed by atoms with Crippen LogP contribution in [0.5, 0.6) is 0 Å². The minimum atomic E-state index is -0.838. The zero-order valence-electron chi connectivity index (χ0n) is 11.7. The van der Waals surface area contributed by atoms with E-state index >= 15 is 0 Å². The van der Waals surface area contributed by atoms with E-state index in [2.05, 4.69) is 5.32 Å². The SMILES string of the molecule is CC1C(=O)NC(C)(C)C(=O)N1C1(C)CCOC1C. The Hall–Kier alpha value is -1.10. The van der Waals surface area contributed by atoms with Crippen LogP contribution in [0, 0.1) is 0 Å². The average molecular weight is 254 g/mol. The minimum Gasteiger partial charge on any atom is -0.376 e. The van der Waals surface area contributed by atoms with Crippen LogP contribution in [0.2, 0.25) is 0 Å². The first-order chi connectivity index (χ1) is 8.20. The molecular formula is C13H22N2O3. The van der Waals surface area contributed by atoms with E-state index in [0.29, 0.717) is 6.61 Å². The van der Waals surface area contributed by atoms with Crippen molar-refractivity contribution < 1.29 is 14.3 Å². The maximum atomic E-state index is 12.6. The van der Waals surface area contributed by atoms with Gasteiger partial charge in [0, 0.05) is 6.61 Å². The molecule has 0 aliphatic carbocycles. The van der Waals surface area contributed by atoms with E-state index in [4.69, 9.17) is 4.74 Å². The molecule has 0 bridgehead atoms. The van der Waals surface area contributed by atoms with Crippen LogP contribution in [-0.4, -0.2) is 46.5 Å². The summed E-state index contributed by atoms with van der Waals surface area (Å²) in [7, 11) is 0. The van der Waals surface area contributed by atoms with Crippen molar-refractivity contribution in [3.05, 3.63) is 0 Å². The van der Waals surface area contributed by atoms with Crippen molar-refractivity contribution in [1.29, 1.82) is 0 Å². The largest absolute Gasteiger partial charge is 0.376 e. The third-order valence-corrected chi connectivity index (χ3v) is 4.36. The molecular weight excluding hydrogens is 232 g/mol. The maximum Gasteiger partial charge on any atom is 0.248 e. The number of hydrogen-bond donors (Lipinski definition) is 1. The fourth-order valence-electron chi connectivity index (χ4n) is 2.88. The lowest BCUT2D eigenvalue weighted by Crippen LogP contribution is -2.73. The molecule has 0 radical (unpaired) electrons. The van der Waals surface area contributed by atoms with Gasteiger partial charge in [0.05, 0.1) is 11.6 Å². The molecule has 102 valence electrons. The van der Waals surface area contributed by atoms with Crippen LogP contribution < -0.4 is 5.32 Å². The summed E-state index contributed by atoms with van der Waals surface area (Å²) in [4.78, 5) is 26.3. The molecule has 2 heterocycles. The number of amides is 2. The van der Waals surface area contributed by atoms with Gasteiger partial charge >= 0.3 is 0 Å². The maximum absolute atomic E-state index is 12.6. The Morgan fingerprint density at radius 2 is 1.89 bits per heavy atom. The number of nitrogens with zero attached hydrogens (tertiary/aromatic N) is 1. The number of carbonyl (C=O) groups is 2. The Morgan fingerprint density at radius 1 is 1.28 bits per heavy atom. The molecule has 2 amide bonds. The summed E-state index contributed by atoms with van der Waals surface area (Å²) in [6.45, 7) is 9.88. The molecule has 5 heteroatoms. The molecule has 2 rings (SSSR count). The van der Waals surface area contributed by atoms with Crippen LogP contribution in [0.25, 0.3) is 0 Å². The highest BCUT2D eigenvalue weighted by molar-refractivity contribution is 5.99. The molecule has 1 N–H and O–H groups in total. The molecule has 5 nitrogen and oxygen atoms in total. The molecule has 2 aliphatic heterocycles. The zero-order valence-corrected chi connectivity index (χ0v) is 11.7.